The lowest BCUT2D eigenvalue weighted by Gasteiger charge is -2.22. The van der Waals surface area contributed by atoms with Gasteiger partial charge >= 0.3 is 0 Å². The lowest BCUT2D eigenvalue weighted by Crippen LogP contribution is -2.34. The van der Waals surface area contributed by atoms with Crippen LogP contribution in [0.1, 0.15) is 32.3 Å². The van der Waals surface area contributed by atoms with Crippen LogP contribution < -0.4 is 5.32 Å². The molecule has 0 radical (unpaired) electrons. The smallest absolute Gasteiger partial charge is 0.123 e. The Morgan fingerprint density at radius 1 is 1.37 bits per heavy atom. The van der Waals surface area contributed by atoms with Crippen molar-refractivity contribution in [1.29, 1.82) is 0 Å². The molecule has 0 bridgehead atoms. The van der Waals surface area contributed by atoms with E-state index in [1.54, 1.807) is 19.2 Å². The summed E-state index contributed by atoms with van der Waals surface area (Å²) in [6, 6.07) is 7.27. The van der Waals surface area contributed by atoms with Crippen LogP contribution in [0.25, 0.3) is 0 Å². The number of hydrogen-bond acceptors (Lipinski definition) is 2. The monoisotopic (exact) mass is 267 g/mol. The Kier molecular flexibility index (Phi) is 7.68. The molecule has 1 N–H and O–H groups in total. The van der Waals surface area contributed by atoms with Gasteiger partial charge in [0.15, 0.2) is 0 Å². The zero-order valence-corrected chi connectivity index (χ0v) is 12.3. The molecular weight excluding hydrogens is 241 g/mol. The Bertz CT molecular complexity index is 356. The highest BCUT2D eigenvalue weighted by Gasteiger charge is 2.13. The Balaban J connectivity index is 2.57. The quantitative estimate of drug-likeness (QED) is 0.740. The second-order valence-electron chi connectivity index (χ2n) is 5.28. The van der Waals surface area contributed by atoms with E-state index in [2.05, 4.69) is 19.2 Å². The SMILES string of the molecule is CCCNC(Cc1cccc(F)c1)CC(C)COC. The van der Waals surface area contributed by atoms with Gasteiger partial charge in [0.25, 0.3) is 0 Å². The first kappa shape index (κ1) is 16.1. The molecule has 2 atom stereocenters. The van der Waals surface area contributed by atoms with Crippen LogP contribution >= 0.6 is 0 Å². The Morgan fingerprint density at radius 3 is 2.79 bits per heavy atom. The molecule has 1 rings (SSSR count). The molecule has 0 saturated carbocycles. The normalized spacial score (nSPS) is 14.3. The lowest BCUT2D eigenvalue weighted by molar-refractivity contribution is 0.149. The van der Waals surface area contributed by atoms with Gasteiger partial charge in [-0.05, 0) is 49.4 Å². The van der Waals surface area contributed by atoms with Gasteiger partial charge in [-0.25, -0.2) is 4.39 Å². The summed E-state index contributed by atoms with van der Waals surface area (Å²) in [6.45, 7) is 6.12. The second-order valence-corrected chi connectivity index (χ2v) is 5.28. The van der Waals surface area contributed by atoms with Crippen molar-refractivity contribution in [3.8, 4) is 0 Å². The lowest BCUT2D eigenvalue weighted by atomic mass is 9.96. The number of benzene rings is 1. The van der Waals surface area contributed by atoms with Gasteiger partial charge < -0.3 is 10.1 Å². The van der Waals surface area contributed by atoms with Crippen LogP contribution in [-0.2, 0) is 11.2 Å². The van der Waals surface area contributed by atoms with Gasteiger partial charge in [-0.15, -0.1) is 0 Å². The first-order valence-corrected chi connectivity index (χ1v) is 7.12. The third kappa shape index (κ3) is 6.69. The number of nitrogens with one attached hydrogen (secondary N) is 1. The highest BCUT2D eigenvalue weighted by molar-refractivity contribution is 5.17. The Labute approximate surface area is 116 Å². The van der Waals surface area contributed by atoms with Crippen LogP contribution in [0.3, 0.4) is 0 Å². The predicted octanol–water partition coefficient (Wildman–Crippen LogP) is 3.41. The minimum absolute atomic E-state index is 0.156. The molecule has 1 aromatic rings. The molecule has 0 fully saturated rings. The average Bonchev–Trinajstić information content (AvgIpc) is 2.36. The molecule has 0 heterocycles. The molecule has 3 heteroatoms. The molecule has 0 aliphatic rings. The van der Waals surface area contributed by atoms with Crippen molar-refractivity contribution in [2.75, 3.05) is 20.3 Å². The highest BCUT2D eigenvalue weighted by atomic mass is 19.1. The van der Waals surface area contributed by atoms with Gasteiger partial charge in [-0.3, -0.25) is 0 Å². The minimum atomic E-state index is -0.156. The maximum Gasteiger partial charge on any atom is 0.123 e. The summed E-state index contributed by atoms with van der Waals surface area (Å²) in [7, 11) is 1.73. The zero-order chi connectivity index (χ0) is 14.1. The summed E-state index contributed by atoms with van der Waals surface area (Å²) in [5, 5.41) is 3.55. The number of halogens is 1. The van der Waals surface area contributed by atoms with Gasteiger partial charge in [0.2, 0.25) is 0 Å². The summed E-state index contributed by atoms with van der Waals surface area (Å²) < 4.78 is 18.4. The van der Waals surface area contributed by atoms with Crippen LogP contribution in [-0.4, -0.2) is 26.3 Å². The molecule has 0 aliphatic heterocycles. The Morgan fingerprint density at radius 2 is 2.16 bits per heavy atom. The van der Waals surface area contributed by atoms with Gasteiger partial charge in [0.1, 0.15) is 5.82 Å². The van der Waals surface area contributed by atoms with Crippen LogP contribution in [0, 0.1) is 11.7 Å². The maximum atomic E-state index is 13.2. The van der Waals surface area contributed by atoms with Crippen LogP contribution in [0.15, 0.2) is 24.3 Å². The topological polar surface area (TPSA) is 21.3 Å². The summed E-state index contributed by atoms with van der Waals surface area (Å²) in [5.74, 6) is 0.351. The van der Waals surface area contributed by atoms with E-state index in [1.165, 1.54) is 6.07 Å². The fraction of sp³-hybridized carbons (Fsp3) is 0.625. The molecule has 2 unspecified atom stereocenters. The minimum Gasteiger partial charge on any atom is -0.384 e. The summed E-state index contributed by atoms with van der Waals surface area (Å²) in [5.41, 5.74) is 1.05. The third-order valence-corrected chi connectivity index (χ3v) is 3.19. The standard InChI is InChI=1S/C16H26FNO/c1-4-8-18-16(9-13(2)12-19-3)11-14-6-5-7-15(17)10-14/h5-7,10,13,16,18H,4,8-9,11-12H2,1-3H3. The fourth-order valence-electron chi connectivity index (χ4n) is 2.37. The van der Waals surface area contributed by atoms with Gasteiger partial charge in [0, 0.05) is 19.8 Å². The van der Waals surface area contributed by atoms with E-state index in [1.807, 2.05) is 6.07 Å². The van der Waals surface area contributed by atoms with Crippen LogP contribution in [0.2, 0.25) is 0 Å². The van der Waals surface area contributed by atoms with Crippen LogP contribution in [0.4, 0.5) is 4.39 Å². The first-order valence-electron chi connectivity index (χ1n) is 7.12. The van der Waals surface area contributed by atoms with E-state index >= 15 is 0 Å². The number of ether oxygens (including phenoxy) is 1. The molecule has 0 aromatic heterocycles. The summed E-state index contributed by atoms with van der Waals surface area (Å²) >= 11 is 0. The van der Waals surface area contributed by atoms with Gasteiger partial charge in [-0.2, -0.15) is 0 Å². The van der Waals surface area contributed by atoms with Gasteiger partial charge in [-0.1, -0.05) is 26.0 Å². The summed E-state index contributed by atoms with van der Waals surface area (Å²) in [4.78, 5) is 0. The van der Waals surface area contributed by atoms with Crippen molar-refractivity contribution in [3.05, 3.63) is 35.6 Å². The maximum absolute atomic E-state index is 13.2. The van der Waals surface area contributed by atoms with Crippen molar-refractivity contribution in [1.82, 2.24) is 5.32 Å². The third-order valence-electron chi connectivity index (χ3n) is 3.19. The second kappa shape index (κ2) is 9.05. The molecule has 0 spiro atoms. The van der Waals surface area contributed by atoms with Gasteiger partial charge in [0.05, 0.1) is 0 Å². The average molecular weight is 267 g/mol. The number of rotatable bonds is 9. The summed E-state index contributed by atoms with van der Waals surface area (Å²) in [6.07, 6.45) is 3.02. The van der Waals surface area contributed by atoms with E-state index in [4.69, 9.17) is 4.74 Å². The molecule has 0 saturated heterocycles. The fourth-order valence-corrected chi connectivity index (χ4v) is 2.37. The van der Waals surface area contributed by atoms with E-state index < -0.39 is 0 Å². The van der Waals surface area contributed by atoms with E-state index in [0.29, 0.717) is 12.0 Å². The molecule has 0 amide bonds. The van der Waals surface area contributed by atoms with E-state index in [-0.39, 0.29) is 5.82 Å². The number of hydrogen-bond donors (Lipinski definition) is 1. The molecule has 19 heavy (non-hydrogen) atoms. The van der Waals surface area contributed by atoms with Crippen molar-refractivity contribution >= 4 is 0 Å². The molecule has 108 valence electrons. The van der Waals surface area contributed by atoms with E-state index in [0.717, 1.165) is 38.0 Å². The molecular formula is C16H26FNO. The van der Waals surface area contributed by atoms with Crippen molar-refractivity contribution in [2.45, 2.75) is 39.2 Å². The highest BCUT2D eigenvalue weighted by Crippen LogP contribution is 2.13. The Hall–Kier alpha value is -0.930. The molecule has 1 aromatic carbocycles. The van der Waals surface area contributed by atoms with Crippen molar-refractivity contribution in [3.63, 3.8) is 0 Å². The number of methoxy groups -OCH3 is 1. The predicted molar refractivity (Wildman–Crippen MR) is 77.8 cm³/mol. The van der Waals surface area contributed by atoms with E-state index in [9.17, 15) is 4.39 Å². The largest absolute Gasteiger partial charge is 0.384 e. The van der Waals surface area contributed by atoms with Crippen molar-refractivity contribution in [2.24, 2.45) is 5.92 Å². The van der Waals surface area contributed by atoms with Crippen LogP contribution in [0.5, 0.6) is 0 Å². The zero-order valence-electron chi connectivity index (χ0n) is 12.3. The first-order chi connectivity index (χ1) is 9.15. The molecule has 2 nitrogen and oxygen atoms in total. The van der Waals surface area contributed by atoms with Crippen molar-refractivity contribution < 1.29 is 9.13 Å². The molecule has 0 aliphatic carbocycles.